The molecule has 0 spiro atoms. The van der Waals surface area contributed by atoms with Crippen molar-refractivity contribution in [2.24, 2.45) is 5.92 Å². The molecule has 1 fully saturated rings. The van der Waals surface area contributed by atoms with Crippen LogP contribution in [0.1, 0.15) is 18.9 Å². The summed E-state index contributed by atoms with van der Waals surface area (Å²) in [6, 6.07) is 18.4. The molecule has 1 aliphatic rings. The third-order valence-corrected chi connectivity index (χ3v) is 5.76. The Kier molecular flexibility index (Phi) is 7.89. The number of methoxy groups -OCH3 is 1. The second-order valence-corrected chi connectivity index (χ2v) is 8.23. The molecule has 36 heavy (non-hydrogen) atoms. The molecule has 3 aromatic rings. The van der Waals surface area contributed by atoms with E-state index in [1.54, 1.807) is 66.6 Å². The van der Waals surface area contributed by atoms with Crippen molar-refractivity contribution < 1.29 is 28.2 Å². The van der Waals surface area contributed by atoms with Gasteiger partial charge in [0.1, 0.15) is 18.2 Å². The number of halogens is 1. The van der Waals surface area contributed by atoms with E-state index in [1.165, 1.54) is 12.1 Å². The maximum absolute atomic E-state index is 13.1. The number of nitrogens with zero attached hydrogens (tertiary/aromatic N) is 1. The number of rotatable bonds is 10. The van der Waals surface area contributed by atoms with Crippen LogP contribution >= 0.6 is 0 Å². The number of hydrazine groups is 1. The molecule has 2 amide bonds. The second-order valence-electron chi connectivity index (χ2n) is 8.23. The highest BCUT2D eigenvalue weighted by molar-refractivity contribution is 6.00. The Bertz CT molecular complexity index is 1200. The van der Waals surface area contributed by atoms with Crippen LogP contribution < -0.4 is 30.0 Å². The van der Waals surface area contributed by atoms with E-state index in [4.69, 9.17) is 14.2 Å². The van der Waals surface area contributed by atoms with E-state index in [-0.39, 0.29) is 30.7 Å². The highest BCUT2D eigenvalue weighted by Gasteiger charge is 2.35. The minimum atomic E-state index is -0.489. The van der Waals surface area contributed by atoms with Gasteiger partial charge in [-0.15, -0.1) is 0 Å². The molecular weight excluding hydrogens is 465 g/mol. The molecule has 0 unspecified atom stereocenters. The molecule has 0 saturated carbocycles. The van der Waals surface area contributed by atoms with Gasteiger partial charge in [0.15, 0.2) is 11.5 Å². The summed E-state index contributed by atoms with van der Waals surface area (Å²) in [5.74, 6) is 0.534. The van der Waals surface area contributed by atoms with Gasteiger partial charge < -0.3 is 19.1 Å². The van der Waals surface area contributed by atoms with Crippen molar-refractivity contribution >= 4 is 23.2 Å². The number of ether oxygens (including phenoxy) is 3. The minimum absolute atomic E-state index is 0.110. The number of carbonyl (C=O) groups excluding carboxylic acids is 2. The van der Waals surface area contributed by atoms with Crippen LogP contribution in [-0.2, 0) is 16.2 Å². The third kappa shape index (κ3) is 6.04. The maximum Gasteiger partial charge on any atom is 0.243 e. The molecule has 1 saturated heterocycles. The zero-order chi connectivity index (χ0) is 25.5. The van der Waals surface area contributed by atoms with Gasteiger partial charge in [-0.05, 0) is 61.0 Å². The standard InChI is InChI=1S/C27H28FN3O5/c1-3-35-25-15-21(8-13-24(25)36-17-18-4-6-20(28)7-5-18)29-30-27(33)19-14-26(32)31(16-19)22-9-11-23(34-2)12-10-22/h4-13,15,19,29H,3,14,16-17H2,1-2H3,(H,30,33)/t19-/m0/s1. The zero-order valence-electron chi connectivity index (χ0n) is 20.1. The van der Waals surface area contributed by atoms with Gasteiger partial charge in [0.05, 0.1) is 25.3 Å². The predicted molar refractivity (Wildman–Crippen MR) is 134 cm³/mol. The molecule has 3 aromatic carbocycles. The van der Waals surface area contributed by atoms with E-state index in [0.717, 1.165) is 11.3 Å². The van der Waals surface area contributed by atoms with Gasteiger partial charge >= 0.3 is 0 Å². The molecular formula is C27H28FN3O5. The lowest BCUT2D eigenvalue weighted by Gasteiger charge is -2.18. The van der Waals surface area contributed by atoms with Crippen molar-refractivity contribution in [3.8, 4) is 17.2 Å². The van der Waals surface area contributed by atoms with E-state index in [2.05, 4.69) is 10.9 Å². The average Bonchev–Trinajstić information content (AvgIpc) is 3.29. The van der Waals surface area contributed by atoms with E-state index in [0.29, 0.717) is 36.1 Å². The molecule has 0 aliphatic carbocycles. The fourth-order valence-corrected chi connectivity index (χ4v) is 3.85. The summed E-state index contributed by atoms with van der Waals surface area (Å²) in [7, 11) is 1.58. The first-order chi connectivity index (χ1) is 17.5. The van der Waals surface area contributed by atoms with Crippen LogP contribution in [0.2, 0.25) is 0 Å². The Balaban J connectivity index is 1.34. The van der Waals surface area contributed by atoms with Gasteiger partial charge in [-0.3, -0.25) is 20.4 Å². The molecule has 1 aliphatic heterocycles. The quantitative estimate of drug-likeness (QED) is 0.409. The zero-order valence-corrected chi connectivity index (χ0v) is 20.1. The molecule has 1 atom stereocenters. The SMILES string of the molecule is CCOc1cc(NNC(=O)[C@H]2CC(=O)N(c3ccc(OC)cc3)C2)ccc1OCc1ccc(F)cc1. The maximum atomic E-state index is 13.1. The lowest BCUT2D eigenvalue weighted by molar-refractivity contribution is -0.125. The van der Waals surface area contributed by atoms with E-state index in [9.17, 15) is 14.0 Å². The van der Waals surface area contributed by atoms with Crippen molar-refractivity contribution in [3.63, 3.8) is 0 Å². The van der Waals surface area contributed by atoms with E-state index in [1.807, 2.05) is 6.92 Å². The lowest BCUT2D eigenvalue weighted by Crippen LogP contribution is -2.36. The van der Waals surface area contributed by atoms with Crippen LogP contribution in [0, 0.1) is 11.7 Å². The Morgan fingerprint density at radius 1 is 1.03 bits per heavy atom. The second kappa shape index (κ2) is 11.4. The van der Waals surface area contributed by atoms with Crippen LogP contribution in [0.4, 0.5) is 15.8 Å². The number of hydrogen-bond donors (Lipinski definition) is 2. The fourth-order valence-electron chi connectivity index (χ4n) is 3.85. The topological polar surface area (TPSA) is 89.1 Å². The summed E-state index contributed by atoms with van der Waals surface area (Å²) in [6.07, 6.45) is 0.125. The fraction of sp³-hybridized carbons (Fsp3) is 0.259. The van der Waals surface area contributed by atoms with Gasteiger partial charge in [0, 0.05) is 24.7 Å². The molecule has 0 bridgehead atoms. The first-order valence-electron chi connectivity index (χ1n) is 11.6. The van der Waals surface area contributed by atoms with Gasteiger partial charge in [-0.1, -0.05) is 12.1 Å². The van der Waals surface area contributed by atoms with Crippen molar-refractivity contribution in [2.75, 3.05) is 30.6 Å². The monoisotopic (exact) mass is 493 g/mol. The summed E-state index contributed by atoms with van der Waals surface area (Å²) in [6.45, 7) is 2.83. The summed E-state index contributed by atoms with van der Waals surface area (Å²) in [4.78, 5) is 26.8. The van der Waals surface area contributed by atoms with E-state index >= 15 is 0 Å². The number of anilines is 2. The number of nitrogens with one attached hydrogen (secondary N) is 2. The van der Waals surface area contributed by atoms with Crippen LogP contribution in [0.3, 0.4) is 0 Å². The molecule has 188 valence electrons. The van der Waals surface area contributed by atoms with Crippen LogP contribution in [0.15, 0.2) is 66.7 Å². The van der Waals surface area contributed by atoms with Gasteiger partial charge in [-0.25, -0.2) is 4.39 Å². The van der Waals surface area contributed by atoms with E-state index < -0.39 is 5.92 Å². The molecule has 0 aromatic heterocycles. The molecule has 8 nitrogen and oxygen atoms in total. The lowest BCUT2D eigenvalue weighted by atomic mass is 10.1. The molecule has 4 rings (SSSR count). The summed E-state index contributed by atoms with van der Waals surface area (Å²) in [5, 5.41) is 0. The highest BCUT2D eigenvalue weighted by atomic mass is 19.1. The number of amides is 2. The first kappa shape index (κ1) is 24.8. The number of benzene rings is 3. The third-order valence-electron chi connectivity index (χ3n) is 5.76. The Morgan fingerprint density at radius 3 is 2.47 bits per heavy atom. The van der Waals surface area contributed by atoms with Crippen LogP contribution in [-0.4, -0.2) is 32.1 Å². The number of carbonyl (C=O) groups is 2. The summed E-state index contributed by atoms with van der Waals surface area (Å²) >= 11 is 0. The Hall–Kier alpha value is -4.27. The molecule has 9 heteroatoms. The Labute approximate surface area is 208 Å². The van der Waals surface area contributed by atoms with Crippen LogP contribution in [0.5, 0.6) is 17.2 Å². The van der Waals surface area contributed by atoms with Gasteiger partial charge in [-0.2, -0.15) is 0 Å². The Morgan fingerprint density at radius 2 is 1.78 bits per heavy atom. The smallest absolute Gasteiger partial charge is 0.243 e. The first-order valence-corrected chi connectivity index (χ1v) is 11.6. The summed E-state index contributed by atoms with van der Waals surface area (Å²) < 4.78 is 29.8. The summed E-state index contributed by atoms with van der Waals surface area (Å²) in [5.41, 5.74) is 7.71. The molecule has 2 N–H and O–H groups in total. The predicted octanol–water partition coefficient (Wildman–Crippen LogP) is 4.31. The van der Waals surface area contributed by atoms with Crippen LogP contribution in [0.25, 0.3) is 0 Å². The normalized spacial score (nSPS) is 14.9. The highest BCUT2D eigenvalue weighted by Crippen LogP contribution is 2.31. The van der Waals surface area contributed by atoms with Crippen molar-refractivity contribution in [3.05, 3.63) is 78.1 Å². The average molecular weight is 494 g/mol. The largest absolute Gasteiger partial charge is 0.497 e. The van der Waals surface area contributed by atoms with Crippen molar-refractivity contribution in [1.82, 2.24) is 5.43 Å². The minimum Gasteiger partial charge on any atom is -0.497 e. The van der Waals surface area contributed by atoms with Crippen molar-refractivity contribution in [1.29, 1.82) is 0 Å². The molecule has 1 heterocycles. The van der Waals surface area contributed by atoms with Gasteiger partial charge in [0.2, 0.25) is 11.8 Å². The number of hydrogen-bond acceptors (Lipinski definition) is 6. The van der Waals surface area contributed by atoms with Crippen molar-refractivity contribution in [2.45, 2.75) is 20.0 Å². The molecule has 0 radical (unpaired) electrons. The van der Waals surface area contributed by atoms with Gasteiger partial charge in [0.25, 0.3) is 0 Å².